The molecule has 12 atom stereocenters. The van der Waals surface area contributed by atoms with E-state index in [-0.39, 0.29) is 108 Å². The van der Waals surface area contributed by atoms with Gasteiger partial charge in [-0.3, -0.25) is 57.5 Å². The topological polar surface area (TPSA) is 270 Å². The predicted molar refractivity (Wildman–Crippen MR) is 365 cm³/mol. The van der Waals surface area contributed by atoms with Gasteiger partial charge in [-0.1, -0.05) is 78.7 Å². The highest BCUT2D eigenvalue weighted by Gasteiger charge is 2.52. The van der Waals surface area contributed by atoms with Gasteiger partial charge < -0.3 is 60.0 Å². The number of carbonyl (C=O) groups excluding carboxylic acids is 12. The molecule has 0 aromatic carbocycles. The smallest absolute Gasteiger partial charge is 0.343 e. The maximum Gasteiger partial charge on any atom is 0.393 e. The number of halogens is 4. The first-order valence-electron chi connectivity index (χ1n) is 36.3. The van der Waals surface area contributed by atoms with Gasteiger partial charge in [-0.2, -0.15) is 13.2 Å². The molecule has 99 heavy (non-hydrogen) atoms. The van der Waals surface area contributed by atoms with Crippen LogP contribution in [0.5, 0.6) is 0 Å². The Kier molecular flexibility index (Phi) is 28.1. The third kappa shape index (κ3) is 19.2. The van der Waals surface area contributed by atoms with E-state index < -0.39 is 167 Å². The zero-order valence-electron chi connectivity index (χ0n) is 60.4. The Morgan fingerprint density at radius 3 is 1.84 bits per heavy atom. The number of piperidine rings is 1. The van der Waals surface area contributed by atoms with Crippen molar-refractivity contribution in [2.75, 3.05) is 75.0 Å². The molecule has 3 N–H and O–H groups in total. The lowest BCUT2D eigenvalue weighted by Crippen LogP contribution is -2.65. The summed E-state index contributed by atoms with van der Waals surface area (Å²) in [7, 11) is 8.58. The zero-order valence-corrected chi connectivity index (χ0v) is 61.1. The third-order valence-corrected chi connectivity index (χ3v) is 23.0. The van der Waals surface area contributed by atoms with Gasteiger partial charge in [0, 0.05) is 73.8 Å². The molecule has 4 heterocycles. The number of hydrogen-bond donors (Lipinski definition) is 3. The van der Waals surface area contributed by atoms with Crippen molar-refractivity contribution >= 4 is 82.5 Å². The van der Waals surface area contributed by atoms with Gasteiger partial charge in [-0.25, -0.2) is 0 Å². The van der Waals surface area contributed by atoms with E-state index in [1.54, 1.807) is 18.7 Å². The molecule has 4 saturated heterocycles. The number of nitrogens with zero attached hydrogens (tertiary/aromatic N) is 9. The number of amides is 12. The molecule has 4 aliphatic heterocycles. The molecule has 7 rings (SSSR count). The SMILES string of the molecule is C=CC[C@@H]1NC(=O)[C@H](CC(C)C)N(C)C(=O)C[C@@H](C(=O)N2CCCCC2)N(C)C(=O)[C@H](C(C)C)N(C)C(=O)C2(CCCC2)NC(=O)[C@@H]2CCCN2C(=O)[C@H](CCC2CCC(C(F)(F)F)C(Cl)C2)NC(=O)CN(C)C(=O)[C@H](CC2CCCCC2)N(C)C(=O)[C@@H]2CCN2C(=O)[C@H](C)N(C)C1=O. The summed E-state index contributed by atoms with van der Waals surface area (Å²) in [6.07, 6.45) is 5.40. The highest BCUT2D eigenvalue weighted by molar-refractivity contribution is 6.21. The fraction of sp³-hybridized carbons (Fsp3) is 0.803. The van der Waals surface area contributed by atoms with Crippen LogP contribution in [0.25, 0.3) is 0 Å². The second kappa shape index (κ2) is 34.9. The van der Waals surface area contributed by atoms with Crippen LogP contribution in [0, 0.1) is 29.6 Å². The monoisotopic (exact) mass is 1420 g/mol. The van der Waals surface area contributed by atoms with Crippen molar-refractivity contribution < 1.29 is 70.7 Å². The first kappa shape index (κ1) is 79.8. The maximum absolute atomic E-state index is 15.4. The molecule has 0 radical (unpaired) electrons. The van der Waals surface area contributed by atoms with Crippen molar-refractivity contribution in [2.45, 2.75) is 260 Å². The molecule has 3 saturated carbocycles. The number of alkyl halides is 4. The molecule has 0 aromatic heterocycles. The summed E-state index contributed by atoms with van der Waals surface area (Å²) in [5.74, 6) is -10.4. The molecule has 12 amide bonds. The lowest BCUT2D eigenvalue weighted by Gasteiger charge is -2.45. The van der Waals surface area contributed by atoms with E-state index >= 15 is 19.2 Å². The summed E-state index contributed by atoms with van der Waals surface area (Å²) >= 11 is 6.40. The summed E-state index contributed by atoms with van der Waals surface area (Å²) in [5.41, 5.74) is -1.57. The Hall–Kier alpha value is -6.54. The Morgan fingerprint density at radius 1 is 0.616 bits per heavy atom. The lowest BCUT2D eigenvalue weighted by atomic mass is 9.78. The van der Waals surface area contributed by atoms with Gasteiger partial charge in [0.15, 0.2) is 0 Å². The van der Waals surface area contributed by atoms with Crippen LogP contribution in [-0.2, 0) is 57.5 Å². The van der Waals surface area contributed by atoms with Gasteiger partial charge in [0.1, 0.15) is 59.9 Å². The van der Waals surface area contributed by atoms with Crippen molar-refractivity contribution in [3.05, 3.63) is 12.7 Å². The molecule has 3 unspecified atom stereocenters. The summed E-state index contributed by atoms with van der Waals surface area (Å²) in [4.78, 5) is 191. The molecule has 7 fully saturated rings. The van der Waals surface area contributed by atoms with Gasteiger partial charge >= 0.3 is 6.18 Å². The molecule has 3 aliphatic carbocycles. The quantitative estimate of drug-likeness (QED) is 0.168. The van der Waals surface area contributed by atoms with Crippen LogP contribution in [0.3, 0.4) is 0 Å². The van der Waals surface area contributed by atoms with Crippen molar-refractivity contribution in [3.8, 4) is 0 Å². The van der Waals surface area contributed by atoms with E-state index in [0.717, 1.165) is 38.5 Å². The number of hydrogen-bond acceptors (Lipinski definition) is 12. The number of nitrogens with one attached hydrogen (secondary N) is 3. The van der Waals surface area contributed by atoms with Crippen LogP contribution in [0.4, 0.5) is 13.2 Å². The molecule has 0 bridgehead atoms. The highest BCUT2D eigenvalue weighted by atomic mass is 35.5. The normalized spacial score (nSPS) is 30.8. The van der Waals surface area contributed by atoms with Crippen molar-refractivity contribution in [1.29, 1.82) is 0 Å². The summed E-state index contributed by atoms with van der Waals surface area (Å²) in [6.45, 7) is 12.9. The average Bonchev–Trinajstić information content (AvgIpc) is 1.22. The van der Waals surface area contributed by atoms with Crippen LogP contribution in [0.1, 0.15) is 189 Å². The average molecular weight is 1420 g/mol. The van der Waals surface area contributed by atoms with Crippen LogP contribution in [0.15, 0.2) is 12.7 Å². The van der Waals surface area contributed by atoms with Gasteiger partial charge in [0.25, 0.3) is 0 Å². The minimum Gasteiger partial charge on any atom is -0.343 e. The Labute approximate surface area is 588 Å². The fourth-order valence-electron chi connectivity index (χ4n) is 16.2. The van der Waals surface area contributed by atoms with Gasteiger partial charge in [0.2, 0.25) is 70.9 Å². The van der Waals surface area contributed by atoms with E-state index in [2.05, 4.69) is 22.5 Å². The van der Waals surface area contributed by atoms with Crippen LogP contribution in [0.2, 0.25) is 0 Å². The molecular formula is C71H112ClF3N12O12. The van der Waals surface area contributed by atoms with E-state index in [1.807, 2.05) is 13.8 Å². The van der Waals surface area contributed by atoms with Crippen LogP contribution >= 0.6 is 11.6 Å². The minimum absolute atomic E-state index is 0.00122. The van der Waals surface area contributed by atoms with E-state index in [1.165, 1.54) is 94.5 Å². The summed E-state index contributed by atoms with van der Waals surface area (Å²) < 4.78 is 42.0. The Morgan fingerprint density at radius 2 is 1.25 bits per heavy atom. The minimum atomic E-state index is -4.51. The molecule has 28 heteroatoms. The van der Waals surface area contributed by atoms with Gasteiger partial charge in [-0.05, 0) is 133 Å². The lowest BCUT2D eigenvalue weighted by molar-refractivity contribution is -0.182. The number of fused-ring (bicyclic) bond motifs is 2. The first-order chi connectivity index (χ1) is 46.6. The number of rotatable bonds is 11. The van der Waals surface area contributed by atoms with Crippen molar-refractivity contribution in [2.24, 2.45) is 29.6 Å². The summed E-state index contributed by atoms with van der Waals surface area (Å²) in [6, 6.07) is -11.0. The Bertz CT molecular complexity index is 2940. The largest absolute Gasteiger partial charge is 0.393 e. The Balaban J connectivity index is 1.26. The van der Waals surface area contributed by atoms with Gasteiger partial charge in [-0.15, -0.1) is 18.2 Å². The van der Waals surface area contributed by atoms with Crippen molar-refractivity contribution in [3.63, 3.8) is 0 Å². The molecule has 556 valence electrons. The number of likely N-dealkylation sites (N-methyl/N-ethyl adjacent to an activating group) is 6. The van der Waals surface area contributed by atoms with E-state index in [9.17, 15) is 51.5 Å². The zero-order chi connectivity index (χ0) is 73.1. The molecular weight excluding hydrogens is 1310 g/mol. The number of likely N-dealkylation sites (tertiary alicyclic amines) is 1. The summed E-state index contributed by atoms with van der Waals surface area (Å²) in [5, 5.41) is 7.48. The molecule has 0 aromatic rings. The molecule has 24 nitrogen and oxygen atoms in total. The molecule has 1 spiro atoms. The fourth-order valence-corrected chi connectivity index (χ4v) is 16.8. The molecule has 7 aliphatic rings. The second-order valence-corrected chi connectivity index (χ2v) is 30.8. The van der Waals surface area contributed by atoms with Crippen LogP contribution < -0.4 is 16.0 Å². The van der Waals surface area contributed by atoms with Gasteiger partial charge in [0.05, 0.1) is 18.9 Å². The van der Waals surface area contributed by atoms with Crippen molar-refractivity contribution in [1.82, 2.24) is 60.0 Å². The predicted octanol–water partition coefficient (Wildman–Crippen LogP) is 5.62. The highest BCUT2D eigenvalue weighted by Crippen LogP contribution is 2.44. The maximum atomic E-state index is 15.4. The number of carbonyl (C=O) groups is 12. The third-order valence-electron chi connectivity index (χ3n) is 22.5. The van der Waals surface area contributed by atoms with E-state index in [0.29, 0.717) is 45.2 Å². The second-order valence-electron chi connectivity index (χ2n) is 30.3. The van der Waals surface area contributed by atoms with E-state index in [4.69, 9.17) is 11.6 Å². The first-order valence-corrected chi connectivity index (χ1v) is 36.8. The van der Waals surface area contributed by atoms with Crippen LogP contribution in [-0.4, -0.2) is 261 Å². The standard InChI is InChI=1S/C71H112ClF3N12O12/c1-13-23-50-63(93)80(8)45(6)62(92)87-37-31-53(87)66(96)82(10)55(40-46-24-16-14-17-25-46)65(95)79(7)42-57(88)76-51(30-28-47-27-29-48(49(72)39-47)71(73,74)75)64(94)86-36-22-26-52(86)61(91)78-70(32-18-19-33-70)69(99)84(12)59(44(4)5)68(98)83(11)56(67(97)85-34-20-15-21-35-85)41-58(89)81(9)54(38-43(2)3)60(90)77-50/h13,43-56,59H,1,14-42H2,2-12H3,(H,76,88)(H,77,90)(H,78,91)/t45-,47?,48?,49?,50-,51-,52-,53-,54-,55-,56-,59-/m0/s1.